The smallest absolute Gasteiger partial charge is 0.330 e. The summed E-state index contributed by atoms with van der Waals surface area (Å²) in [5.74, 6) is 0.927. The van der Waals surface area contributed by atoms with Crippen molar-refractivity contribution in [3.8, 4) is 17.1 Å². The Morgan fingerprint density at radius 1 is 0.794 bits per heavy atom. The molecule has 0 aliphatic carbocycles. The summed E-state index contributed by atoms with van der Waals surface area (Å²) in [4.78, 5) is 5.03. The fourth-order valence-electron chi connectivity index (χ4n) is 3.94. The van der Waals surface area contributed by atoms with E-state index >= 15 is 0 Å². The van der Waals surface area contributed by atoms with Crippen LogP contribution in [0.15, 0.2) is 91.0 Å². The quantitative estimate of drug-likeness (QED) is 0.211. The van der Waals surface area contributed by atoms with E-state index in [1.54, 1.807) is 0 Å². The van der Waals surface area contributed by atoms with E-state index in [9.17, 15) is 0 Å². The van der Waals surface area contributed by atoms with Crippen LogP contribution in [0.2, 0.25) is 0 Å². The Bertz CT molecular complexity index is 1460. The molecule has 1 radical (unpaired) electrons. The van der Waals surface area contributed by atoms with Crippen LogP contribution in [0.1, 0.15) is 27.7 Å². The molecule has 3 nitrogen and oxygen atoms in total. The van der Waals surface area contributed by atoms with E-state index in [1.807, 2.05) is 13.5 Å². The van der Waals surface area contributed by atoms with Crippen LogP contribution in [0.3, 0.4) is 0 Å². The molecule has 0 saturated carbocycles. The number of hydrogen-bond donors (Lipinski definition) is 0. The molecule has 0 fully saturated rings. The van der Waals surface area contributed by atoms with Gasteiger partial charge in [0.25, 0.3) is 0 Å². The second-order valence-electron chi connectivity index (χ2n) is 9.85. The minimum Gasteiger partial charge on any atom is -0.429 e. The molecule has 169 valence electrons. The Kier molecular flexibility index (Phi) is 5.84. The van der Waals surface area contributed by atoms with Gasteiger partial charge in [-0.1, -0.05) is 92.1 Å². The van der Waals surface area contributed by atoms with E-state index in [0.717, 1.165) is 33.6 Å². The van der Waals surface area contributed by atoms with Crippen molar-refractivity contribution in [1.82, 2.24) is 9.55 Å². The molecule has 1 heterocycles. The van der Waals surface area contributed by atoms with E-state index in [-0.39, 0.29) is 10.8 Å². The van der Waals surface area contributed by atoms with Gasteiger partial charge in [-0.3, -0.25) is 4.57 Å². The first kappa shape index (κ1) is 22.8. The highest BCUT2D eigenvalue weighted by Gasteiger charge is 2.33. The lowest BCUT2D eigenvalue weighted by atomic mass is 9.83. The first-order valence-electron chi connectivity index (χ1n) is 11.6. The maximum Gasteiger partial charge on any atom is 0.330 e. The van der Waals surface area contributed by atoms with Gasteiger partial charge < -0.3 is 4.65 Å². The van der Waals surface area contributed by atoms with Crippen LogP contribution in [0.4, 0.5) is 0 Å². The van der Waals surface area contributed by atoms with Crippen LogP contribution in [0, 0.1) is 0 Å². The first-order chi connectivity index (χ1) is 16.2. The zero-order valence-corrected chi connectivity index (χ0v) is 21.3. The van der Waals surface area contributed by atoms with Gasteiger partial charge in [-0.15, -0.1) is 9.24 Å². The third-order valence-electron chi connectivity index (χ3n) is 6.78. The number of benzene rings is 4. The number of imidazole rings is 1. The average molecular weight is 463 g/mol. The molecule has 5 aromatic rings. The molecule has 0 aliphatic rings. The van der Waals surface area contributed by atoms with Crippen LogP contribution in [-0.2, 0) is 4.65 Å². The van der Waals surface area contributed by atoms with Crippen molar-refractivity contribution in [1.29, 1.82) is 0 Å². The van der Waals surface area contributed by atoms with E-state index in [4.69, 9.17) is 9.64 Å². The van der Waals surface area contributed by atoms with Crippen LogP contribution in [-0.4, -0.2) is 27.8 Å². The van der Waals surface area contributed by atoms with Gasteiger partial charge in [0.05, 0.1) is 22.3 Å². The summed E-state index contributed by atoms with van der Waals surface area (Å²) >= 11 is 0. The standard InChI is InChI=1S/C29H29BN2OP/c1-28(2,29(3,4)34)33-30-22-18-16-21(17-19-22)27-31-24-13-7-8-14-26(24)32(27)25-15-9-11-20-10-5-6-12-23(20)25/h5-19H,34H2,1-4H3. The van der Waals surface area contributed by atoms with Crippen molar-refractivity contribution < 1.29 is 4.65 Å². The molecule has 5 rings (SSSR count). The van der Waals surface area contributed by atoms with Gasteiger partial charge in [0.15, 0.2) is 0 Å². The highest BCUT2D eigenvalue weighted by molar-refractivity contribution is 7.19. The fourth-order valence-corrected chi connectivity index (χ4v) is 4.01. The second-order valence-corrected chi connectivity index (χ2v) is 11.3. The normalized spacial score (nSPS) is 12.4. The minimum absolute atomic E-state index is 0.0489. The summed E-state index contributed by atoms with van der Waals surface area (Å²) in [5, 5.41) is 2.37. The second kappa shape index (κ2) is 8.69. The molecule has 1 atom stereocenters. The third-order valence-corrected chi connectivity index (χ3v) is 7.47. The number of aromatic nitrogens is 2. The molecule has 0 bridgehead atoms. The third kappa shape index (κ3) is 4.17. The van der Waals surface area contributed by atoms with E-state index < -0.39 is 0 Å². The molecule has 0 N–H and O–H groups in total. The van der Waals surface area contributed by atoms with Crippen molar-refractivity contribution in [3.63, 3.8) is 0 Å². The summed E-state index contributed by atoms with van der Waals surface area (Å²) in [7, 11) is 4.73. The highest BCUT2D eigenvalue weighted by atomic mass is 31.0. The number of hydrogen-bond acceptors (Lipinski definition) is 2. The summed E-state index contributed by atoms with van der Waals surface area (Å²) < 4.78 is 8.42. The van der Waals surface area contributed by atoms with Gasteiger partial charge in [0.1, 0.15) is 5.82 Å². The molecule has 0 saturated heterocycles. The van der Waals surface area contributed by atoms with Crippen molar-refractivity contribution in [2.45, 2.75) is 38.5 Å². The maximum absolute atomic E-state index is 6.15. The summed E-state index contributed by atoms with van der Waals surface area (Å²) in [6.45, 7) is 8.54. The summed E-state index contributed by atoms with van der Waals surface area (Å²) in [5.41, 5.74) is 4.99. The minimum atomic E-state index is -0.307. The SMILES string of the molecule is CC(C)(P)C(C)(C)O[B]c1ccc(-c2nc3ccccc3n2-c2cccc3ccccc23)cc1. The van der Waals surface area contributed by atoms with Crippen LogP contribution in [0.25, 0.3) is 38.9 Å². The van der Waals surface area contributed by atoms with E-state index in [2.05, 4.69) is 126 Å². The van der Waals surface area contributed by atoms with Crippen molar-refractivity contribution >= 4 is 44.0 Å². The topological polar surface area (TPSA) is 27.1 Å². The van der Waals surface area contributed by atoms with Gasteiger partial charge >= 0.3 is 7.48 Å². The Labute approximate surface area is 204 Å². The Balaban J connectivity index is 1.56. The summed E-state index contributed by atoms with van der Waals surface area (Å²) in [6, 6.07) is 31.7. The van der Waals surface area contributed by atoms with Crippen LogP contribution >= 0.6 is 9.24 Å². The predicted octanol–water partition coefficient (Wildman–Crippen LogP) is 6.54. The van der Waals surface area contributed by atoms with Crippen molar-refractivity contribution in [2.75, 3.05) is 0 Å². The average Bonchev–Trinajstić information content (AvgIpc) is 3.21. The number of para-hydroxylation sites is 2. The maximum atomic E-state index is 6.15. The van der Waals surface area contributed by atoms with E-state index in [0.29, 0.717) is 0 Å². The fraction of sp³-hybridized carbons (Fsp3) is 0.207. The Morgan fingerprint density at radius 2 is 1.47 bits per heavy atom. The lowest BCUT2D eigenvalue weighted by molar-refractivity contribution is 0.0841. The van der Waals surface area contributed by atoms with Crippen molar-refractivity contribution in [2.24, 2.45) is 0 Å². The predicted molar refractivity (Wildman–Crippen MR) is 148 cm³/mol. The highest BCUT2D eigenvalue weighted by Crippen LogP contribution is 2.34. The number of rotatable bonds is 6. The molecular weight excluding hydrogens is 434 g/mol. The molecular formula is C29H29BN2OP. The molecule has 34 heavy (non-hydrogen) atoms. The monoisotopic (exact) mass is 463 g/mol. The van der Waals surface area contributed by atoms with Gasteiger partial charge in [0.2, 0.25) is 0 Å². The molecule has 0 aliphatic heterocycles. The summed E-state index contributed by atoms with van der Waals surface area (Å²) in [6.07, 6.45) is 0. The molecule has 4 aromatic carbocycles. The van der Waals surface area contributed by atoms with Gasteiger partial charge in [0, 0.05) is 16.1 Å². The number of nitrogens with zero attached hydrogens (tertiary/aromatic N) is 2. The molecule has 0 spiro atoms. The number of fused-ring (bicyclic) bond motifs is 2. The van der Waals surface area contributed by atoms with Gasteiger partial charge in [-0.25, -0.2) is 4.98 Å². The largest absolute Gasteiger partial charge is 0.429 e. The zero-order chi connectivity index (χ0) is 23.9. The van der Waals surface area contributed by atoms with Crippen LogP contribution < -0.4 is 5.46 Å². The Morgan fingerprint density at radius 3 is 2.24 bits per heavy atom. The van der Waals surface area contributed by atoms with Gasteiger partial charge in [-0.05, 0) is 37.4 Å². The molecule has 1 unspecified atom stereocenters. The van der Waals surface area contributed by atoms with Crippen molar-refractivity contribution in [3.05, 3.63) is 91.0 Å². The zero-order valence-electron chi connectivity index (χ0n) is 20.1. The molecule has 0 amide bonds. The van der Waals surface area contributed by atoms with Crippen LogP contribution in [0.5, 0.6) is 0 Å². The lowest BCUT2D eigenvalue weighted by Crippen LogP contribution is -2.45. The lowest BCUT2D eigenvalue weighted by Gasteiger charge is -2.39. The van der Waals surface area contributed by atoms with Gasteiger partial charge in [-0.2, -0.15) is 0 Å². The molecule has 5 heteroatoms. The Hall–Kier alpha value is -2.94. The first-order valence-corrected chi connectivity index (χ1v) is 12.2. The van der Waals surface area contributed by atoms with E-state index in [1.165, 1.54) is 10.8 Å². The molecule has 1 aromatic heterocycles.